The SMILES string of the molecule is CC1C2CCC2C2C3CCC3C12. The topological polar surface area (TPSA) is 0 Å². The molecule has 0 saturated heterocycles. The molecule has 0 spiro atoms. The summed E-state index contributed by atoms with van der Waals surface area (Å²) in [5, 5.41) is 0. The van der Waals surface area contributed by atoms with E-state index in [0.717, 1.165) is 5.92 Å². The summed E-state index contributed by atoms with van der Waals surface area (Å²) in [7, 11) is 0. The van der Waals surface area contributed by atoms with Crippen LogP contribution < -0.4 is 0 Å². The van der Waals surface area contributed by atoms with Gasteiger partial charge in [-0.2, -0.15) is 0 Å². The zero-order valence-corrected chi connectivity index (χ0v) is 7.87. The lowest BCUT2D eigenvalue weighted by Crippen LogP contribution is -2.53. The average molecular weight is 162 g/mol. The van der Waals surface area contributed by atoms with Crippen molar-refractivity contribution < 1.29 is 0 Å². The summed E-state index contributed by atoms with van der Waals surface area (Å²) in [5.74, 6) is 8.41. The Morgan fingerprint density at radius 3 is 1.75 bits per heavy atom. The molecule has 66 valence electrons. The van der Waals surface area contributed by atoms with Gasteiger partial charge in [0.05, 0.1) is 0 Å². The highest BCUT2D eigenvalue weighted by Crippen LogP contribution is 2.73. The maximum Gasteiger partial charge on any atom is -0.0318 e. The molecule has 0 aromatic rings. The van der Waals surface area contributed by atoms with Gasteiger partial charge in [0.2, 0.25) is 0 Å². The molecule has 0 bridgehead atoms. The van der Waals surface area contributed by atoms with Crippen molar-refractivity contribution in [3.05, 3.63) is 0 Å². The van der Waals surface area contributed by atoms with Crippen LogP contribution in [0.3, 0.4) is 0 Å². The molecule has 7 atom stereocenters. The van der Waals surface area contributed by atoms with Crippen LogP contribution in [0.5, 0.6) is 0 Å². The Morgan fingerprint density at radius 1 is 0.667 bits per heavy atom. The van der Waals surface area contributed by atoms with Crippen molar-refractivity contribution in [2.24, 2.45) is 41.4 Å². The molecule has 0 heteroatoms. The van der Waals surface area contributed by atoms with Gasteiger partial charge in [-0.3, -0.25) is 0 Å². The third-order valence-corrected chi connectivity index (χ3v) is 5.98. The fourth-order valence-electron chi connectivity index (χ4n) is 5.24. The van der Waals surface area contributed by atoms with E-state index in [1.165, 1.54) is 35.5 Å². The monoisotopic (exact) mass is 162 g/mol. The molecule has 0 heterocycles. The Balaban J connectivity index is 1.71. The minimum Gasteiger partial charge on any atom is -0.0619 e. The summed E-state index contributed by atoms with van der Waals surface area (Å²) < 4.78 is 0. The summed E-state index contributed by atoms with van der Waals surface area (Å²) in [5.41, 5.74) is 0. The Hall–Kier alpha value is 0. The summed E-state index contributed by atoms with van der Waals surface area (Å²) in [4.78, 5) is 0. The molecule has 4 saturated carbocycles. The maximum atomic E-state index is 2.55. The van der Waals surface area contributed by atoms with Gasteiger partial charge in [0.15, 0.2) is 0 Å². The lowest BCUT2D eigenvalue weighted by molar-refractivity contribution is -0.114. The Labute approximate surface area is 74.7 Å². The molecule has 4 fully saturated rings. The molecule has 12 heavy (non-hydrogen) atoms. The normalized spacial score (nSPS) is 71.2. The van der Waals surface area contributed by atoms with Gasteiger partial charge in [-0.05, 0) is 67.1 Å². The van der Waals surface area contributed by atoms with E-state index in [1.54, 1.807) is 25.7 Å². The second-order valence-electron chi connectivity index (χ2n) is 5.82. The van der Waals surface area contributed by atoms with Crippen LogP contribution in [0.4, 0.5) is 0 Å². The van der Waals surface area contributed by atoms with E-state index < -0.39 is 0 Å². The molecule has 0 aromatic heterocycles. The van der Waals surface area contributed by atoms with Crippen molar-refractivity contribution in [3.8, 4) is 0 Å². The first kappa shape index (κ1) is 6.45. The molecule has 4 aliphatic rings. The number of hydrogen-bond donors (Lipinski definition) is 0. The van der Waals surface area contributed by atoms with Crippen LogP contribution in [0.15, 0.2) is 0 Å². The van der Waals surface area contributed by atoms with Crippen molar-refractivity contribution in [3.63, 3.8) is 0 Å². The van der Waals surface area contributed by atoms with Crippen molar-refractivity contribution >= 4 is 0 Å². The molecule has 0 radical (unpaired) electrons. The van der Waals surface area contributed by atoms with Crippen LogP contribution in [-0.2, 0) is 0 Å². The van der Waals surface area contributed by atoms with Gasteiger partial charge in [0.1, 0.15) is 0 Å². The smallest absolute Gasteiger partial charge is 0.0318 e. The van der Waals surface area contributed by atoms with E-state index >= 15 is 0 Å². The number of hydrogen-bond acceptors (Lipinski definition) is 0. The molecule has 4 rings (SSSR count). The molecular weight excluding hydrogens is 144 g/mol. The van der Waals surface area contributed by atoms with Gasteiger partial charge >= 0.3 is 0 Å². The third-order valence-electron chi connectivity index (χ3n) is 5.98. The number of rotatable bonds is 0. The van der Waals surface area contributed by atoms with E-state index in [9.17, 15) is 0 Å². The fourth-order valence-corrected chi connectivity index (χ4v) is 5.24. The minimum atomic E-state index is 1.12. The van der Waals surface area contributed by atoms with E-state index in [1.807, 2.05) is 0 Å². The van der Waals surface area contributed by atoms with Crippen molar-refractivity contribution in [2.75, 3.05) is 0 Å². The highest BCUT2D eigenvalue weighted by atomic mass is 14.7. The summed E-state index contributed by atoms with van der Waals surface area (Å²) in [6.07, 6.45) is 6.37. The number of fused-ring (bicyclic) bond motifs is 6. The Kier molecular flexibility index (Phi) is 0.946. The predicted octanol–water partition coefficient (Wildman–Crippen LogP) is 2.93. The first-order valence-corrected chi connectivity index (χ1v) is 5.88. The highest BCUT2D eigenvalue weighted by Gasteiger charge is 2.67. The first-order valence-electron chi connectivity index (χ1n) is 5.88. The fraction of sp³-hybridized carbons (Fsp3) is 1.00. The molecule has 0 N–H and O–H groups in total. The van der Waals surface area contributed by atoms with Crippen molar-refractivity contribution in [1.29, 1.82) is 0 Å². The molecule has 0 amide bonds. The molecule has 0 aromatic carbocycles. The Bertz CT molecular complexity index is 214. The van der Waals surface area contributed by atoms with E-state index in [4.69, 9.17) is 0 Å². The quantitative estimate of drug-likeness (QED) is 0.514. The van der Waals surface area contributed by atoms with Gasteiger partial charge in [-0.1, -0.05) is 6.92 Å². The minimum absolute atomic E-state index is 1.12. The van der Waals surface area contributed by atoms with Crippen LogP contribution >= 0.6 is 0 Å². The van der Waals surface area contributed by atoms with Gasteiger partial charge in [-0.25, -0.2) is 0 Å². The van der Waals surface area contributed by atoms with Crippen molar-refractivity contribution in [2.45, 2.75) is 32.6 Å². The van der Waals surface area contributed by atoms with Crippen LogP contribution in [0.1, 0.15) is 32.6 Å². The molecule has 0 aliphatic heterocycles. The van der Waals surface area contributed by atoms with E-state index in [-0.39, 0.29) is 0 Å². The van der Waals surface area contributed by atoms with Crippen molar-refractivity contribution in [1.82, 2.24) is 0 Å². The summed E-state index contributed by atoms with van der Waals surface area (Å²) >= 11 is 0. The molecule has 4 aliphatic carbocycles. The predicted molar refractivity (Wildman–Crippen MR) is 48.6 cm³/mol. The van der Waals surface area contributed by atoms with Gasteiger partial charge in [0.25, 0.3) is 0 Å². The van der Waals surface area contributed by atoms with Crippen LogP contribution in [0, 0.1) is 41.4 Å². The Morgan fingerprint density at radius 2 is 1.17 bits per heavy atom. The maximum absolute atomic E-state index is 2.55. The van der Waals surface area contributed by atoms with Gasteiger partial charge in [-0.15, -0.1) is 0 Å². The zero-order chi connectivity index (χ0) is 7.87. The largest absolute Gasteiger partial charge is 0.0619 e. The highest BCUT2D eigenvalue weighted by molar-refractivity contribution is 5.15. The van der Waals surface area contributed by atoms with Crippen LogP contribution in [0.25, 0.3) is 0 Å². The summed E-state index contributed by atoms with van der Waals surface area (Å²) in [6.45, 7) is 2.55. The van der Waals surface area contributed by atoms with Crippen LogP contribution in [0.2, 0.25) is 0 Å². The van der Waals surface area contributed by atoms with E-state index in [2.05, 4.69) is 6.92 Å². The standard InChI is InChI=1S/C12H18/c1-6-7-2-3-8(7)12-10-5-4-9(10)11(6)12/h6-12H,2-5H2,1H3. The van der Waals surface area contributed by atoms with Gasteiger partial charge in [0, 0.05) is 0 Å². The second kappa shape index (κ2) is 1.76. The lowest BCUT2D eigenvalue weighted by atomic mass is 9.45. The molecule has 0 nitrogen and oxygen atoms in total. The molecule has 7 unspecified atom stereocenters. The third kappa shape index (κ3) is 0.459. The van der Waals surface area contributed by atoms with E-state index in [0.29, 0.717) is 0 Å². The average Bonchev–Trinajstić information content (AvgIpc) is 2.06. The summed E-state index contributed by atoms with van der Waals surface area (Å²) in [6, 6.07) is 0. The zero-order valence-electron chi connectivity index (χ0n) is 7.87. The van der Waals surface area contributed by atoms with Crippen LogP contribution in [-0.4, -0.2) is 0 Å². The lowest BCUT2D eigenvalue weighted by Gasteiger charge is -2.60. The first-order chi connectivity index (χ1) is 5.88. The van der Waals surface area contributed by atoms with Gasteiger partial charge < -0.3 is 0 Å². The second-order valence-corrected chi connectivity index (χ2v) is 5.82. The molecular formula is C12H18.